The third-order valence-corrected chi connectivity index (χ3v) is 4.70. The first-order valence-electron chi connectivity index (χ1n) is 8.74. The van der Waals surface area contributed by atoms with Crippen molar-refractivity contribution in [3.8, 4) is 0 Å². The number of pyridine rings is 1. The zero-order chi connectivity index (χ0) is 20.5. The molecule has 0 aliphatic heterocycles. The van der Waals surface area contributed by atoms with Gasteiger partial charge in [-0.3, -0.25) is 14.4 Å². The average molecular weight is 401 g/mol. The minimum atomic E-state index is -0.323. The Morgan fingerprint density at radius 3 is 2.36 bits per heavy atom. The summed E-state index contributed by atoms with van der Waals surface area (Å²) in [6.07, 6.45) is 1.61. The molecule has 7 nitrogen and oxygen atoms in total. The third kappa shape index (κ3) is 7.40. The molecule has 0 radical (unpaired) electrons. The maximum atomic E-state index is 12.1. The van der Waals surface area contributed by atoms with Crippen molar-refractivity contribution in [2.45, 2.75) is 13.8 Å². The summed E-state index contributed by atoms with van der Waals surface area (Å²) >= 11 is 1.21. The van der Waals surface area contributed by atoms with Crippen molar-refractivity contribution in [1.29, 1.82) is 0 Å². The molecule has 0 aliphatic rings. The third-order valence-electron chi connectivity index (χ3n) is 3.78. The zero-order valence-electron chi connectivity index (χ0n) is 16.2. The quantitative estimate of drug-likeness (QED) is 0.710. The monoisotopic (exact) mass is 400 g/mol. The predicted molar refractivity (Wildman–Crippen MR) is 112 cm³/mol. The number of likely N-dealkylation sites (N-methyl/N-ethyl adjacent to an activating group) is 1. The van der Waals surface area contributed by atoms with E-state index in [4.69, 9.17) is 0 Å². The topological polar surface area (TPSA) is 91.4 Å². The van der Waals surface area contributed by atoms with Gasteiger partial charge in [0, 0.05) is 18.9 Å². The molecule has 2 aromatic rings. The number of carbonyl (C=O) groups excluding carboxylic acids is 3. The second-order valence-corrected chi connectivity index (χ2v) is 7.41. The van der Waals surface area contributed by atoms with Crippen molar-refractivity contribution in [3.63, 3.8) is 0 Å². The van der Waals surface area contributed by atoms with Crippen LogP contribution >= 0.6 is 11.8 Å². The standard InChI is InChI=1S/C20H24N4O3S/c1-14-4-6-16(7-5-14)22-19(26)12-28-13-20(27)24(3)11-18(25)23-17-10-15(2)8-9-21-17/h4-10H,11-13H2,1-3H3,(H,22,26)(H,21,23,25). The highest BCUT2D eigenvalue weighted by molar-refractivity contribution is 8.00. The number of carbonyl (C=O) groups is 3. The molecular weight excluding hydrogens is 376 g/mol. The molecule has 0 atom stereocenters. The Labute approximate surface area is 168 Å². The fraction of sp³-hybridized carbons (Fsp3) is 0.300. The van der Waals surface area contributed by atoms with E-state index in [-0.39, 0.29) is 35.8 Å². The number of nitrogens with one attached hydrogen (secondary N) is 2. The highest BCUT2D eigenvalue weighted by Gasteiger charge is 2.14. The summed E-state index contributed by atoms with van der Waals surface area (Å²) in [5.74, 6) is 0.0119. The van der Waals surface area contributed by atoms with Crippen molar-refractivity contribution in [2.24, 2.45) is 0 Å². The van der Waals surface area contributed by atoms with Crippen LogP contribution in [0.5, 0.6) is 0 Å². The van der Waals surface area contributed by atoms with Crippen LogP contribution < -0.4 is 10.6 Å². The highest BCUT2D eigenvalue weighted by Crippen LogP contribution is 2.10. The lowest BCUT2D eigenvalue weighted by atomic mass is 10.2. The number of amides is 3. The first-order valence-corrected chi connectivity index (χ1v) is 9.89. The van der Waals surface area contributed by atoms with Gasteiger partial charge < -0.3 is 15.5 Å². The molecular formula is C20H24N4O3S. The molecule has 2 rings (SSSR count). The van der Waals surface area contributed by atoms with E-state index < -0.39 is 0 Å². The van der Waals surface area contributed by atoms with Crippen LogP contribution in [0.15, 0.2) is 42.6 Å². The molecule has 148 valence electrons. The molecule has 1 aromatic heterocycles. The fourth-order valence-electron chi connectivity index (χ4n) is 2.27. The van der Waals surface area contributed by atoms with Crippen LogP contribution in [0.4, 0.5) is 11.5 Å². The molecule has 0 spiro atoms. The second kappa shape index (κ2) is 10.5. The normalized spacial score (nSPS) is 10.2. The molecule has 0 fully saturated rings. The number of benzene rings is 1. The van der Waals surface area contributed by atoms with Crippen LogP contribution in [0.25, 0.3) is 0 Å². The van der Waals surface area contributed by atoms with E-state index in [9.17, 15) is 14.4 Å². The number of rotatable bonds is 8. The molecule has 3 amide bonds. The van der Waals surface area contributed by atoms with Crippen molar-refractivity contribution >= 4 is 41.0 Å². The first kappa shape index (κ1) is 21.4. The van der Waals surface area contributed by atoms with E-state index in [2.05, 4.69) is 15.6 Å². The molecule has 0 aliphatic carbocycles. The Morgan fingerprint density at radius 1 is 0.964 bits per heavy atom. The minimum absolute atomic E-state index is 0.0788. The van der Waals surface area contributed by atoms with E-state index in [0.29, 0.717) is 5.82 Å². The molecule has 8 heteroatoms. The van der Waals surface area contributed by atoms with Gasteiger partial charge in [-0.25, -0.2) is 4.98 Å². The van der Waals surface area contributed by atoms with Crippen LogP contribution in [0.1, 0.15) is 11.1 Å². The summed E-state index contributed by atoms with van der Waals surface area (Å²) < 4.78 is 0. The van der Waals surface area contributed by atoms with E-state index in [0.717, 1.165) is 16.8 Å². The summed E-state index contributed by atoms with van der Waals surface area (Å²) in [6, 6.07) is 11.1. The summed E-state index contributed by atoms with van der Waals surface area (Å²) in [5.41, 5.74) is 2.82. The lowest BCUT2D eigenvalue weighted by molar-refractivity contribution is -0.131. The van der Waals surface area contributed by atoms with Crippen molar-refractivity contribution < 1.29 is 14.4 Å². The van der Waals surface area contributed by atoms with Gasteiger partial charge in [0.15, 0.2) is 0 Å². The van der Waals surface area contributed by atoms with Crippen molar-refractivity contribution in [2.75, 3.05) is 35.7 Å². The summed E-state index contributed by atoms with van der Waals surface area (Å²) in [6.45, 7) is 3.80. The highest BCUT2D eigenvalue weighted by atomic mass is 32.2. The molecule has 0 saturated carbocycles. The number of hydrogen-bond acceptors (Lipinski definition) is 5. The SMILES string of the molecule is Cc1ccc(NC(=O)CSCC(=O)N(C)CC(=O)Nc2cc(C)ccn2)cc1. The van der Waals surface area contributed by atoms with E-state index in [1.807, 2.05) is 44.2 Å². The van der Waals surface area contributed by atoms with Crippen LogP contribution in [0.2, 0.25) is 0 Å². The Balaban J connectivity index is 1.69. The Hall–Kier alpha value is -2.87. The fourth-order valence-corrected chi connectivity index (χ4v) is 3.02. The van der Waals surface area contributed by atoms with E-state index in [1.54, 1.807) is 19.3 Å². The maximum absolute atomic E-state index is 12.1. The van der Waals surface area contributed by atoms with Crippen LogP contribution in [-0.4, -0.2) is 52.7 Å². The Kier molecular flexibility index (Phi) is 8.01. The number of thioether (sulfide) groups is 1. The second-order valence-electron chi connectivity index (χ2n) is 6.42. The largest absolute Gasteiger partial charge is 0.336 e. The molecule has 1 aromatic carbocycles. The predicted octanol–water partition coefficient (Wildman–Crippen LogP) is 2.47. The first-order chi connectivity index (χ1) is 13.3. The van der Waals surface area contributed by atoms with Gasteiger partial charge in [0.2, 0.25) is 17.7 Å². The molecule has 2 N–H and O–H groups in total. The van der Waals surface area contributed by atoms with Crippen LogP contribution in [-0.2, 0) is 14.4 Å². The zero-order valence-corrected chi connectivity index (χ0v) is 17.0. The van der Waals surface area contributed by atoms with Gasteiger partial charge in [0.1, 0.15) is 5.82 Å². The van der Waals surface area contributed by atoms with Crippen LogP contribution in [0.3, 0.4) is 0 Å². The summed E-state index contributed by atoms with van der Waals surface area (Å²) in [7, 11) is 1.55. The average Bonchev–Trinajstić information content (AvgIpc) is 2.63. The molecule has 1 heterocycles. The molecule has 28 heavy (non-hydrogen) atoms. The smallest absolute Gasteiger partial charge is 0.245 e. The Morgan fingerprint density at radius 2 is 1.68 bits per heavy atom. The van der Waals surface area contributed by atoms with Gasteiger partial charge in [0.05, 0.1) is 18.1 Å². The summed E-state index contributed by atoms with van der Waals surface area (Å²) in [5, 5.41) is 5.44. The molecule has 0 unspecified atom stereocenters. The number of aromatic nitrogens is 1. The number of anilines is 2. The molecule has 0 bridgehead atoms. The van der Waals surface area contributed by atoms with Gasteiger partial charge in [-0.05, 0) is 43.7 Å². The van der Waals surface area contributed by atoms with Gasteiger partial charge in [-0.15, -0.1) is 11.8 Å². The number of hydrogen-bond donors (Lipinski definition) is 2. The Bertz CT molecular complexity index is 840. The van der Waals surface area contributed by atoms with Crippen molar-refractivity contribution in [1.82, 2.24) is 9.88 Å². The maximum Gasteiger partial charge on any atom is 0.245 e. The molecule has 0 saturated heterocycles. The van der Waals surface area contributed by atoms with Gasteiger partial charge in [0.25, 0.3) is 0 Å². The van der Waals surface area contributed by atoms with Gasteiger partial charge in [-0.2, -0.15) is 0 Å². The van der Waals surface area contributed by atoms with Crippen LogP contribution in [0, 0.1) is 13.8 Å². The van der Waals surface area contributed by atoms with E-state index >= 15 is 0 Å². The number of nitrogens with zero attached hydrogens (tertiary/aromatic N) is 2. The van der Waals surface area contributed by atoms with E-state index in [1.165, 1.54) is 16.7 Å². The lowest BCUT2D eigenvalue weighted by Gasteiger charge is -2.16. The lowest BCUT2D eigenvalue weighted by Crippen LogP contribution is -2.36. The van der Waals surface area contributed by atoms with Gasteiger partial charge in [-0.1, -0.05) is 17.7 Å². The van der Waals surface area contributed by atoms with Crippen molar-refractivity contribution in [3.05, 3.63) is 53.7 Å². The minimum Gasteiger partial charge on any atom is -0.336 e. The summed E-state index contributed by atoms with van der Waals surface area (Å²) in [4.78, 5) is 41.5. The number of aryl methyl sites for hydroxylation is 2. The van der Waals surface area contributed by atoms with Gasteiger partial charge >= 0.3 is 0 Å².